The Bertz CT molecular complexity index is 614. The van der Waals surface area contributed by atoms with E-state index in [9.17, 15) is 9.18 Å². The SMILES string of the molecule is COc1ccc(Oc2ccc(F)cc2C=O)c(Br)c1. The van der Waals surface area contributed by atoms with E-state index in [0.29, 0.717) is 28.0 Å². The summed E-state index contributed by atoms with van der Waals surface area (Å²) in [5.41, 5.74) is 0.155. The number of aldehydes is 1. The smallest absolute Gasteiger partial charge is 0.153 e. The number of methoxy groups -OCH3 is 1. The number of carbonyl (C=O) groups is 1. The third-order valence-corrected chi connectivity index (χ3v) is 3.08. The van der Waals surface area contributed by atoms with Crippen LogP contribution in [0.4, 0.5) is 4.39 Å². The van der Waals surface area contributed by atoms with Crippen molar-refractivity contribution in [3.8, 4) is 17.2 Å². The summed E-state index contributed by atoms with van der Waals surface area (Å²) in [6, 6.07) is 8.93. The zero-order chi connectivity index (χ0) is 13.8. The first kappa shape index (κ1) is 13.5. The topological polar surface area (TPSA) is 35.5 Å². The molecule has 0 aliphatic heterocycles. The maximum atomic E-state index is 13.0. The van der Waals surface area contributed by atoms with E-state index in [4.69, 9.17) is 9.47 Å². The molecule has 2 aromatic carbocycles. The minimum Gasteiger partial charge on any atom is -0.497 e. The van der Waals surface area contributed by atoms with E-state index in [-0.39, 0.29) is 5.56 Å². The van der Waals surface area contributed by atoms with Gasteiger partial charge in [0.05, 0.1) is 17.1 Å². The van der Waals surface area contributed by atoms with E-state index in [1.165, 1.54) is 12.1 Å². The molecule has 0 spiro atoms. The lowest BCUT2D eigenvalue weighted by Gasteiger charge is -2.10. The van der Waals surface area contributed by atoms with Gasteiger partial charge in [-0.05, 0) is 52.3 Å². The molecule has 0 amide bonds. The van der Waals surface area contributed by atoms with Gasteiger partial charge in [0.25, 0.3) is 0 Å². The number of ether oxygens (including phenoxy) is 2. The second kappa shape index (κ2) is 5.84. The Labute approximate surface area is 118 Å². The third-order valence-electron chi connectivity index (χ3n) is 2.46. The molecule has 0 aromatic heterocycles. The van der Waals surface area contributed by atoms with Gasteiger partial charge in [-0.3, -0.25) is 4.79 Å². The Morgan fingerprint density at radius 2 is 1.89 bits per heavy atom. The van der Waals surface area contributed by atoms with Crippen LogP contribution in [-0.2, 0) is 0 Å². The monoisotopic (exact) mass is 324 g/mol. The first-order valence-electron chi connectivity index (χ1n) is 5.40. The Hall–Kier alpha value is -1.88. The van der Waals surface area contributed by atoms with Crippen molar-refractivity contribution >= 4 is 22.2 Å². The Balaban J connectivity index is 2.33. The minimum absolute atomic E-state index is 0.155. The van der Waals surface area contributed by atoms with Gasteiger partial charge in [-0.1, -0.05) is 0 Å². The highest BCUT2D eigenvalue weighted by Gasteiger charge is 2.09. The van der Waals surface area contributed by atoms with Gasteiger partial charge in [0.15, 0.2) is 6.29 Å². The summed E-state index contributed by atoms with van der Waals surface area (Å²) in [7, 11) is 1.56. The normalized spacial score (nSPS) is 10.1. The van der Waals surface area contributed by atoms with Crippen LogP contribution in [-0.4, -0.2) is 13.4 Å². The van der Waals surface area contributed by atoms with Gasteiger partial charge in [-0.25, -0.2) is 4.39 Å². The molecule has 0 aliphatic carbocycles. The molecule has 0 unspecified atom stereocenters. The molecule has 0 radical (unpaired) electrons. The molecule has 5 heteroatoms. The van der Waals surface area contributed by atoms with Crippen LogP contribution in [0, 0.1) is 5.82 Å². The largest absolute Gasteiger partial charge is 0.497 e. The van der Waals surface area contributed by atoms with Gasteiger partial charge < -0.3 is 9.47 Å². The molecule has 0 atom stereocenters. The maximum Gasteiger partial charge on any atom is 0.153 e. The van der Waals surface area contributed by atoms with E-state index < -0.39 is 5.82 Å². The highest BCUT2D eigenvalue weighted by atomic mass is 79.9. The van der Waals surface area contributed by atoms with Crippen molar-refractivity contribution in [2.75, 3.05) is 7.11 Å². The summed E-state index contributed by atoms with van der Waals surface area (Å²) in [6.07, 6.45) is 0.551. The van der Waals surface area contributed by atoms with Gasteiger partial charge in [-0.2, -0.15) is 0 Å². The van der Waals surface area contributed by atoms with Gasteiger partial charge in [0, 0.05) is 0 Å². The Morgan fingerprint density at radius 3 is 2.53 bits per heavy atom. The predicted molar refractivity (Wildman–Crippen MR) is 72.6 cm³/mol. The van der Waals surface area contributed by atoms with Crippen molar-refractivity contribution < 1.29 is 18.7 Å². The second-order valence-corrected chi connectivity index (χ2v) is 4.55. The van der Waals surface area contributed by atoms with Crippen LogP contribution in [0.2, 0.25) is 0 Å². The van der Waals surface area contributed by atoms with Crippen molar-refractivity contribution in [2.45, 2.75) is 0 Å². The fourth-order valence-corrected chi connectivity index (χ4v) is 1.95. The molecule has 3 nitrogen and oxygen atoms in total. The lowest BCUT2D eigenvalue weighted by Crippen LogP contribution is -1.93. The molecule has 0 saturated carbocycles. The Morgan fingerprint density at radius 1 is 1.16 bits per heavy atom. The number of benzene rings is 2. The summed E-state index contributed by atoms with van der Waals surface area (Å²) in [4.78, 5) is 10.9. The molecule has 98 valence electrons. The van der Waals surface area contributed by atoms with Gasteiger partial charge >= 0.3 is 0 Å². The van der Waals surface area contributed by atoms with Crippen LogP contribution < -0.4 is 9.47 Å². The Kier molecular flexibility index (Phi) is 4.16. The van der Waals surface area contributed by atoms with Crippen molar-refractivity contribution in [1.82, 2.24) is 0 Å². The second-order valence-electron chi connectivity index (χ2n) is 3.70. The van der Waals surface area contributed by atoms with Crippen LogP contribution >= 0.6 is 15.9 Å². The summed E-state index contributed by atoms with van der Waals surface area (Å²) in [5.74, 6) is 0.995. The number of halogens is 2. The van der Waals surface area contributed by atoms with Crippen LogP contribution in [0.5, 0.6) is 17.2 Å². The summed E-state index contributed by atoms with van der Waals surface area (Å²) in [6.45, 7) is 0. The average molecular weight is 325 g/mol. The van der Waals surface area contributed by atoms with Gasteiger partial charge in [0.1, 0.15) is 23.1 Å². The molecule has 2 rings (SSSR count). The molecule has 0 saturated heterocycles. The summed E-state index contributed by atoms with van der Waals surface area (Å²) < 4.78 is 24.3. The fraction of sp³-hybridized carbons (Fsp3) is 0.0714. The number of rotatable bonds is 4. The molecule has 0 heterocycles. The quantitative estimate of drug-likeness (QED) is 0.790. The van der Waals surface area contributed by atoms with Gasteiger partial charge in [0.2, 0.25) is 0 Å². The molecular weight excluding hydrogens is 315 g/mol. The first-order chi connectivity index (χ1) is 9.13. The van der Waals surface area contributed by atoms with E-state index in [2.05, 4.69) is 15.9 Å². The zero-order valence-electron chi connectivity index (χ0n) is 10.0. The molecular formula is C14H10BrFO3. The van der Waals surface area contributed by atoms with E-state index in [0.717, 1.165) is 6.07 Å². The van der Waals surface area contributed by atoms with Crippen molar-refractivity contribution in [3.63, 3.8) is 0 Å². The molecule has 0 fully saturated rings. The van der Waals surface area contributed by atoms with Crippen molar-refractivity contribution in [3.05, 3.63) is 52.3 Å². The highest BCUT2D eigenvalue weighted by molar-refractivity contribution is 9.10. The lowest BCUT2D eigenvalue weighted by molar-refractivity contribution is 0.112. The molecule has 2 aromatic rings. The van der Waals surface area contributed by atoms with Crippen LogP contribution in [0.25, 0.3) is 0 Å². The first-order valence-corrected chi connectivity index (χ1v) is 6.19. The molecule has 0 bridgehead atoms. The lowest BCUT2D eigenvalue weighted by atomic mass is 10.2. The van der Waals surface area contributed by atoms with E-state index in [1.54, 1.807) is 25.3 Å². The minimum atomic E-state index is -0.483. The predicted octanol–water partition coefficient (Wildman–Crippen LogP) is 4.20. The van der Waals surface area contributed by atoms with Crippen molar-refractivity contribution in [1.29, 1.82) is 0 Å². The molecule has 19 heavy (non-hydrogen) atoms. The third kappa shape index (κ3) is 3.12. The number of hydrogen-bond acceptors (Lipinski definition) is 3. The zero-order valence-corrected chi connectivity index (χ0v) is 11.6. The van der Waals surface area contributed by atoms with Crippen LogP contribution in [0.15, 0.2) is 40.9 Å². The van der Waals surface area contributed by atoms with Crippen molar-refractivity contribution in [2.24, 2.45) is 0 Å². The van der Waals surface area contributed by atoms with E-state index >= 15 is 0 Å². The molecule has 0 aliphatic rings. The summed E-state index contributed by atoms with van der Waals surface area (Å²) in [5, 5.41) is 0. The fourth-order valence-electron chi connectivity index (χ4n) is 1.51. The van der Waals surface area contributed by atoms with Crippen LogP contribution in [0.1, 0.15) is 10.4 Å². The average Bonchev–Trinajstić information content (AvgIpc) is 2.42. The summed E-state index contributed by atoms with van der Waals surface area (Å²) >= 11 is 3.34. The standard InChI is InChI=1S/C14H10BrFO3/c1-18-11-3-5-14(12(15)7-11)19-13-4-2-10(16)6-9(13)8-17/h2-8H,1H3. The maximum absolute atomic E-state index is 13.0. The van der Waals surface area contributed by atoms with Gasteiger partial charge in [-0.15, -0.1) is 0 Å². The highest BCUT2D eigenvalue weighted by Crippen LogP contribution is 2.33. The molecule has 0 N–H and O–H groups in total. The van der Waals surface area contributed by atoms with Crippen LogP contribution in [0.3, 0.4) is 0 Å². The van der Waals surface area contributed by atoms with E-state index in [1.807, 2.05) is 0 Å². The number of hydrogen-bond donors (Lipinski definition) is 0. The number of carbonyl (C=O) groups excluding carboxylic acids is 1.